The Bertz CT molecular complexity index is 2050. The number of hydrogen-bond donors (Lipinski definition) is 3. The second-order valence-electron chi connectivity index (χ2n) is 12.0. The number of urea groups is 1. The van der Waals surface area contributed by atoms with Crippen molar-refractivity contribution in [2.75, 3.05) is 51.4 Å². The van der Waals surface area contributed by atoms with Crippen LogP contribution < -0.4 is 16.0 Å². The molecule has 4 aromatic rings. The number of rotatable bonds is 12. The zero-order valence-electron chi connectivity index (χ0n) is 28.3. The second kappa shape index (κ2) is 16.2. The Morgan fingerprint density at radius 2 is 1.82 bits per heavy atom. The Morgan fingerprint density at radius 1 is 1.06 bits per heavy atom. The second-order valence-corrected chi connectivity index (χ2v) is 13.8. The van der Waals surface area contributed by atoms with Gasteiger partial charge in [-0.3, -0.25) is 9.79 Å². The first kappa shape index (κ1) is 35.7. The fourth-order valence-corrected chi connectivity index (χ4v) is 6.83. The van der Waals surface area contributed by atoms with Gasteiger partial charge in [0, 0.05) is 79.6 Å². The third-order valence-corrected chi connectivity index (χ3v) is 9.64. The molecule has 0 spiro atoms. The Kier molecular flexibility index (Phi) is 11.6. The summed E-state index contributed by atoms with van der Waals surface area (Å²) >= 11 is 0. The monoisotopic (exact) mass is 695 g/mol. The van der Waals surface area contributed by atoms with E-state index in [1.165, 1.54) is 16.2 Å². The van der Waals surface area contributed by atoms with E-state index in [1.54, 1.807) is 91.0 Å². The molecular weight excluding hydrogens is 655 g/mol. The lowest BCUT2D eigenvalue weighted by molar-refractivity contribution is -0.111. The lowest BCUT2D eigenvalue weighted by Gasteiger charge is -2.33. The lowest BCUT2D eigenvalue weighted by Crippen LogP contribution is -2.49. The molecule has 2 aromatic heterocycles. The number of nitrogens with one attached hydrogen (secondary N) is 3. The molecule has 0 bridgehead atoms. The van der Waals surface area contributed by atoms with Crippen molar-refractivity contribution >= 4 is 56.8 Å². The van der Waals surface area contributed by atoms with Crippen molar-refractivity contribution in [2.24, 2.45) is 9.98 Å². The van der Waals surface area contributed by atoms with Crippen molar-refractivity contribution in [3.8, 4) is 0 Å². The first-order chi connectivity index (χ1) is 24.1. The summed E-state index contributed by atoms with van der Waals surface area (Å²) < 4.78 is 27.6. The van der Waals surface area contributed by atoms with Gasteiger partial charge in [-0.1, -0.05) is 30.3 Å². The number of amides is 3. The molecule has 50 heavy (non-hydrogen) atoms. The van der Waals surface area contributed by atoms with Gasteiger partial charge in [0.25, 0.3) is 10.0 Å². The third-order valence-electron chi connectivity index (χ3n) is 7.96. The van der Waals surface area contributed by atoms with Gasteiger partial charge in [0.1, 0.15) is 5.82 Å². The number of allylic oxidation sites excluding steroid dienone is 1. The average molecular weight is 696 g/mol. The summed E-state index contributed by atoms with van der Waals surface area (Å²) in [6, 6.07) is 18.4. The molecule has 0 radical (unpaired) electrons. The number of anilines is 2. The number of likely N-dealkylation sites (N-methyl/N-ethyl adjacent to an activating group) is 1. The summed E-state index contributed by atoms with van der Waals surface area (Å²) in [5.41, 5.74) is 2.69. The molecule has 0 aliphatic carbocycles. The summed E-state index contributed by atoms with van der Waals surface area (Å²) in [7, 11) is 1.68. The van der Waals surface area contributed by atoms with Gasteiger partial charge in [0.2, 0.25) is 5.91 Å². The van der Waals surface area contributed by atoms with Crippen LogP contribution in [0.1, 0.15) is 18.4 Å². The Labute approximate surface area is 292 Å². The lowest BCUT2D eigenvalue weighted by atomic mass is 10.1. The number of aromatic nitrogens is 2. The van der Waals surface area contributed by atoms with Crippen LogP contribution in [0.3, 0.4) is 0 Å². The molecule has 3 amide bonds. The van der Waals surface area contributed by atoms with Gasteiger partial charge in [-0.2, -0.15) is 0 Å². The fraction of sp³-hybridized carbons (Fsp3) is 0.250. The zero-order valence-corrected chi connectivity index (χ0v) is 29.1. The van der Waals surface area contributed by atoms with Crippen LogP contribution in [0.4, 0.5) is 16.2 Å². The molecule has 1 saturated heterocycles. The minimum atomic E-state index is -3.81. The smallest absolute Gasteiger partial charge is 0.321 e. The van der Waals surface area contributed by atoms with Crippen LogP contribution in [0.2, 0.25) is 0 Å². The molecule has 1 atom stereocenters. The highest BCUT2D eigenvalue weighted by Gasteiger charge is 2.25. The Morgan fingerprint density at radius 3 is 2.54 bits per heavy atom. The van der Waals surface area contributed by atoms with Gasteiger partial charge in [-0.25, -0.2) is 27.2 Å². The van der Waals surface area contributed by atoms with Gasteiger partial charge in [0.05, 0.1) is 10.6 Å². The molecular formula is C36H41N9O4S. The maximum atomic E-state index is 13.2. The highest BCUT2D eigenvalue weighted by atomic mass is 32.2. The number of carbonyl (C=O) groups excluding carboxylic acids is 2. The maximum absolute atomic E-state index is 13.2. The predicted octanol–water partition coefficient (Wildman–Crippen LogP) is 4.58. The number of likely N-dealkylation sites (tertiary alicyclic amines) is 1. The molecule has 3 heterocycles. The van der Waals surface area contributed by atoms with Crippen LogP contribution >= 0.6 is 0 Å². The number of benzene rings is 2. The molecule has 14 heteroatoms. The quantitative estimate of drug-likeness (QED) is 0.145. The van der Waals surface area contributed by atoms with Crippen LogP contribution in [0.15, 0.2) is 118 Å². The van der Waals surface area contributed by atoms with Gasteiger partial charge in [0.15, 0.2) is 5.65 Å². The van der Waals surface area contributed by atoms with Gasteiger partial charge < -0.3 is 25.8 Å². The summed E-state index contributed by atoms with van der Waals surface area (Å²) in [5.74, 6) is 0.228. The molecule has 1 unspecified atom stereocenters. The van der Waals surface area contributed by atoms with E-state index in [0.717, 1.165) is 12.8 Å². The van der Waals surface area contributed by atoms with Crippen molar-refractivity contribution in [1.82, 2.24) is 24.1 Å². The summed E-state index contributed by atoms with van der Waals surface area (Å²) in [6.45, 7) is 5.40. The first-order valence-corrected chi connectivity index (χ1v) is 17.5. The van der Waals surface area contributed by atoms with Crippen LogP contribution in [0.25, 0.3) is 11.0 Å². The minimum Gasteiger partial charge on any atom is -0.366 e. The van der Waals surface area contributed by atoms with Crippen molar-refractivity contribution in [3.05, 3.63) is 109 Å². The van der Waals surface area contributed by atoms with Gasteiger partial charge >= 0.3 is 6.03 Å². The molecule has 2 aromatic carbocycles. The van der Waals surface area contributed by atoms with Crippen molar-refractivity contribution in [1.29, 1.82) is 0 Å². The van der Waals surface area contributed by atoms with Crippen molar-refractivity contribution < 1.29 is 18.0 Å². The largest absolute Gasteiger partial charge is 0.366 e. The molecule has 5 rings (SSSR count). The maximum Gasteiger partial charge on any atom is 0.321 e. The summed E-state index contributed by atoms with van der Waals surface area (Å²) in [6.07, 6.45) is 9.68. The number of fused-ring (bicyclic) bond motifs is 1. The van der Waals surface area contributed by atoms with Gasteiger partial charge in [-0.15, -0.1) is 0 Å². The molecule has 1 aliphatic rings. The number of carbonyl (C=O) groups is 2. The van der Waals surface area contributed by atoms with Crippen LogP contribution in [-0.2, 0) is 14.8 Å². The van der Waals surface area contributed by atoms with E-state index in [2.05, 4.69) is 37.6 Å². The summed E-state index contributed by atoms with van der Waals surface area (Å²) in [4.78, 5) is 42.4. The van der Waals surface area contributed by atoms with E-state index in [1.807, 2.05) is 25.1 Å². The van der Waals surface area contributed by atoms with Gasteiger partial charge in [-0.05, 0) is 76.1 Å². The molecule has 1 fully saturated rings. The highest BCUT2D eigenvalue weighted by molar-refractivity contribution is 7.90. The standard InChI is InChI=1S/C36H41N9O4S/c1-37-32(27-21-26-17-20-45(35(26)39-24-27)50(48,49)31-14-6-5-7-15-31)23-33(38-2)40-30-13-9-19-44(25-30)36(47)42-29-12-8-11-28(22-29)41-34(46)16-10-18-43(3)4/h5-8,10-12,14-17,20-24,30,40H,2,9,13,18-19,25H2,1,3-4H3,(H,41,46)(H,42,47)/b16-10+,33-23+,37-32+. The SMILES string of the molecule is C=N/C(=C\C(=N/C)c1cnc2c(ccn2S(=O)(=O)c2ccccc2)c1)NC1CCCN(C(=O)Nc2cccc(NC(=O)/C=C/CN(C)C)c2)C1. The molecule has 260 valence electrons. The van der Waals surface area contributed by atoms with E-state index in [-0.39, 0.29) is 22.9 Å². The number of aliphatic imine (C=N–C) groups is 2. The first-order valence-electron chi connectivity index (χ1n) is 16.1. The number of nitrogens with zero attached hydrogens (tertiary/aromatic N) is 6. The Hall–Kier alpha value is -5.60. The summed E-state index contributed by atoms with van der Waals surface area (Å²) in [5, 5.41) is 9.78. The van der Waals surface area contributed by atoms with E-state index >= 15 is 0 Å². The van der Waals surface area contributed by atoms with E-state index in [0.29, 0.717) is 59.1 Å². The van der Waals surface area contributed by atoms with E-state index in [9.17, 15) is 18.0 Å². The third kappa shape index (κ3) is 8.89. The molecule has 1 aliphatic heterocycles. The highest BCUT2D eigenvalue weighted by Crippen LogP contribution is 2.23. The normalized spacial score (nSPS) is 15.8. The molecule has 0 saturated carbocycles. The van der Waals surface area contributed by atoms with Crippen LogP contribution in [0, 0.1) is 0 Å². The van der Waals surface area contributed by atoms with E-state index in [4.69, 9.17) is 0 Å². The predicted molar refractivity (Wildman–Crippen MR) is 198 cm³/mol. The average Bonchev–Trinajstić information content (AvgIpc) is 3.55. The Balaban J connectivity index is 1.22. The fourth-order valence-electron chi connectivity index (χ4n) is 5.50. The van der Waals surface area contributed by atoms with Crippen LogP contribution in [-0.4, -0.2) is 98.4 Å². The number of hydrogen-bond acceptors (Lipinski definition) is 9. The number of piperidine rings is 1. The number of pyridine rings is 1. The van der Waals surface area contributed by atoms with Crippen molar-refractivity contribution in [2.45, 2.75) is 23.8 Å². The molecule has 13 nitrogen and oxygen atoms in total. The molecule has 3 N–H and O–H groups in total. The minimum absolute atomic E-state index is 0.0956. The van der Waals surface area contributed by atoms with Crippen molar-refractivity contribution in [3.63, 3.8) is 0 Å². The van der Waals surface area contributed by atoms with E-state index < -0.39 is 10.0 Å². The zero-order chi connectivity index (χ0) is 35.7. The topological polar surface area (TPSA) is 153 Å². The van der Waals surface area contributed by atoms with Crippen LogP contribution in [0.5, 0.6) is 0 Å².